The number of likely N-dealkylation sites (tertiary alicyclic amines) is 1. The van der Waals surface area contributed by atoms with Crippen LogP contribution in [-0.4, -0.2) is 51.4 Å². The molecule has 1 amide bonds. The lowest BCUT2D eigenvalue weighted by Gasteiger charge is -2.25. The summed E-state index contributed by atoms with van der Waals surface area (Å²) in [6, 6.07) is 2.08. The highest BCUT2D eigenvalue weighted by molar-refractivity contribution is 6.33. The monoisotopic (exact) mass is 407 g/mol. The molecule has 154 valence electrons. The third-order valence-corrected chi connectivity index (χ3v) is 5.61. The summed E-state index contributed by atoms with van der Waals surface area (Å²) in [7, 11) is 1.73. The minimum atomic E-state index is -0.0914. The standard InChI is InChI=1S/C20H30ClN5O2/c1-13(2)8-9-22-15-7-5-6-10-26(12-15)20(27)17-18(23-25(4)19(17)21)16-11-14(3)28-24-16/h11,13,15,22H,5-10,12H2,1-4H3. The number of nitrogens with zero attached hydrogens (tertiary/aromatic N) is 4. The Balaban J connectivity index is 1.80. The summed E-state index contributed by atoms with van der Waals surface area (Å²) in [5.41, 5.74) is 1.41. The summed E-state index contributed by atoms with van der Waals surface area (Å²) in [5.74, 6) is 1.24. The summed E-state index contributed by atoms with van der Waals surface area (Å²) in [6.07, 6.45) is 4.32. The minimum Gasteiger partial charge on any atom is -0.361 e. The number of rotatable bonds is 6. The van der Waals surface area contributed by atoms with E-state index < -0.39 is 0 Å². The van der Waals surface area contributed by atoms with E-state index in [0.29, 0.717) is 46.4 Å². The highest BCUT2D eigenvalue weighted by Gasteiger charge is 2.30. The van der Waals surface area contributed by atoms with Crippen molar-refractivity contribution in [3.63, 3.8) is 0 Å². The van der Waals surface area contributed by atoms with E-state index in [1.54, 1.807) is 13.1 Å². The molecule has 1 unspecified atom stereocenters. The Bertz CT molecular complexity index is 814. The molecule has 3 heterocycles. The van der Waals surface area contributed by atoms with Crippen LogP contribution in [0.15, 0.2) is 10.6 Å². The molecule has 3 rings (SSSR count). The van der Waals surface area contributed by atoms with Crippen molar-refractivity contribution in [1.82, 2.24) is 25.2 Å². The van der Waals surface area contributed by atoms with E-state index >= 15 is 0 Å². The minimum absolute atomic E-state index is 0.0914. The molecular formula is C20H30ClN5O2. The number of aromatic nitrogens is 3. The highest BCUT2D eigenvalue weighted by atomic mass is 35.5. The first kappa shape index (κ1) is 20.9. The van der Waals surface area contributed by atoms with Crippen molar-refractivity contribution in [2.45, 2.75) is 52.5 Å². The molecule has 7 nitrogen and oxygen atoms in total. The number of hydrogen-bond donors (Lipinski definition) is 1. The third kappa shape index (κ3) is 4.75. The van der Waals surface area contributed by atoms with Gasteiger partial charge in [0.25, 0.3) is 5.91 Å². The van der Waals surface area contributed by atoms with Crippen LogP contribution in [0.5, 0.6) is 0 Å². The van der Waals surface area contributed by atoms with Gasteiger partial charge >= 0.3 is 0 Å². The lowest BCUT2D eigenvalue weighted by Crippen LogP contribution is -2.43. The molecule has 2 aromatic rings. The van der Waals surface area contributed by atoms with Crippen molar-refractivity contribution in [3.8, 4) is 11.4 Å². The Hall–Kier alpha value is -1.86. The van der Waals surface area contributed by atoms with Crippen molar-refractivity contribution < 1.29 is 9.32 Å². The Morgan fingerprint density at radius 2 is 2.21 bits per heavy atom. The van der Waals surface area contributed by atoms with Gasteiger partial charge in [-0.15, -0.1) is 0 Å². The molecule has 1 saturated heterocycles. The van der Waals surface area contributed by atoms with Gasteiger partial charge in [-0.3, -0.25) is 9.48 Å². The second-order valence-electron chi connectivity index (χ2n) is 8.04. The zero-order chi connectivity index (χ0) is 20.3. The van der Waals surface area contributed by atoms with Crippen molar-refractivity contribution in [1.29, 1.82) is 0 Å². The molecule has 28 heavy (non-hydrogen) atoms. The Labute approximate surface area is 171 Å². The lowest BCUT2D eigenvalue weighted by atomic mass is 10.1. The Morgan fingerprint density at radius 3 is 2.89 bits per heavy atom. The van der Waals surface area contributed by atoms with Crippen LogP contribution in [0.1, 0.15) is 55.6 Å². The maximum Gasteiger partial charge on any atom is 0.259 e. The van der Waals surface area contributed by atoms with Gasteiger partial charge in [0.2, 0.25) is 0 Å². The maximum absolute atomic E-state index is 13.4. The van der Waals surface area contributed by atoms with Crippen LogP contribution >= 0.6 is 11.6 Å². The molecule has 0 aliphatic carbocycles. The fourth-order valence-corrected chi connectivity index (χ4v) is 3.79. The van der Waals surface area contributed by atoms with Crippen LogP contribution in [0, 0.1) is 12.8 Å². The lowest BCUT2D eigenvalue weighted by molar-refractivity contribution is 0.0750. The maximum atomic E-state index is 13.4. The van der Waals surface area contributed by atoms with E-state index in [9.17, 15) is 4.79 Å². The first-order valence-corrected chi connectivity index (χ1v) is 10.4. The fraction of sp³-hybridized carbons (Fsp3) is 0.650. The van der Waals surface area contributed by atoms with Gasteiger partial charge in [-0.05, 0) is 38.6 Å². The fourth-order valence-electron chi connectivity index (χ4n) is 3.58. The van der Waals surface area contributed by atoms with Gasteiger partial charge in [-0.2, -0.15) is 5.10 Å². The first-order valence-electron chi connectivity index (χ1n) is 10.1. The van der Waals surface area contributed by atoms with Gasteiger partial charge in [-0.1, -0.05) is 37.0 Å². The van der Waals surface area contributed by atoms with Crippen molar-refractivity contribution in [2.75, 3.05) is 19.6 Å². The molecule has 1 N–H and O–H groups in total. The summed E-state index contributed by atoms with van der Waals surface area (Å²) in [4.78, 5) is 15.3. The molecule has 0 bridgehead atoms. The SMILES string of the molecule is Cc1cc(-c2nn(C)c(Cl)c2C(=O)N2CCCCC(NCCC(C)C)C2)no1. The smallest absolute Gasteiger partial charge is 0.259 e. The van der Waals surface area contributed by atoms with Gasteiger partial charge in [0, 0.05) is 32.2 Å². The predicted molar refractivity (Wildman–Crippen MR) is 109 cm³/mol. The molecule has 1 fully saturated rings. The zero-order valence-electron chi connectivity index (χ0n) is 17.2. The quantitative estimate of drug-likeness (QED) is 0.790. The molecule has 0 aromatic carbocycles. The summed E-state index contributed by atoms with van der Waals surface area (Å²) >= 11 is 6.46. The summed E-state index contributed by atoms with van der Waals surface area (Å²) in [5, 5.41) is 12.4. The molecule has 0 radical (unpaired) electrons. The number of carbonyl (C=O) groups is 1. The summed E-state index contributed by atoms with van der Waals surface area (Å²) in [6.45, 7) is 8.64. The number of carbonyl (C=O) groups excluding carboxylic acids is 1. The van der Waals surface area contributed by atoms with Crippen LogP contribution in [0.2, 0.25) is 5.15 Å². The first-order chi connectivity index (χ1) is 13.4. The molecule has 8 heteroatoms. The van der Waals surface area contributed by atoms with Crippen LogP contribution in [0.3, 0.4) is 0 Å². The van der Waals surface area contributed by atoms with Crippen LogP contribution in [0.4, 0.5) is 0 Å². The van der Waals surface area contributed by atoms with Gasteiger partial charge in [0.05, 0.1) is 0 Å². The molecule has 2 aromatic heterocycles. The Kier molecular flexibility index (Phi) is 6.78. The second-order valence-corrected chi connectivity index (χ2v) is 8.40. The van der Waals surface area contributed by atoms with Gasteiger partial charge in [0.15, 0.2) is 0 Å². The van der Waals surface area contributed by atoms with Gasteiger partial charge in [-0.25, -0.2) is 0 Å². The third-order valence-electron chi connectivity index (χ3n) is 5.17. The second kappa shape index (κ2) is 9.09. The van der Waals surface area contributed by atoms with Gasteiger partial charge < -0.3 is 14.7 Å². The van der Waals surface area contributed by atoms with Crippen LogP contribution < -0.4 is 5.32 Å². The number of nitrogens with one attached hydrogen (secondary N) is 1. The van der Waals surface area contributed by atoms with E-state index in [4.69, 9.17) is 16.1 Å². The van der Waals surface area contributed by atoms with Crippen molar-refractivity contribution >= 4 is 17.5 Å². The van der Waals surface area contributed by atoms with Crippen LogP contribution in [-0.2, 0) is 7.05 Å². The molecule has 1 atom stereocenters. The number of amides is 1. The van der Waals surface area contributed by atoms with E-state index in [2.05, 4.69) is 29.4 Å². The average molecular weight is 408 g/mol. The molecule has 0 spiro atoms. The highest BCUT2D eigenvalue weighted by Crippen LogP contribution is 2.30. The molecular weight excluding hydrogens is 378 g/mol. The van der Waals surface area contributed by atoms with Gasteiger partial charge in [0.1, 0.15) is 27.9 Å². The van der Waals surface area contributed by atoms with Crippen LogP contribution in [0.25, 0.3) is 11.4 Å². The zero-order valence-corrected chi connectivity index (χ0v) is 17.9. The largest absolute Gasteiger partial charge is 0.361 e. The number of halogens is 1. The van der Waals surface area contributed by atoms with E-state index in [-0.39, 0.29) is 5.91 Å². The predicted octanol–water partition coefficient (Wildman–Crippen LogP) is 3.67. The molecule has 1 aliphatic rings. The number of aryl methyl sites for hydroxylation is 2. The van der Waals surface area contributed by atoms with Crippen molar-refractivity contribution in [2.24, 2.45) is 13.0 Å². The van der Waals surface area contributed by atoms with E-state index in [1.165, 1.54) is 4.68 Å². The average Bonchev–Trinajstić information content (AvgIpc) is 3.09. The number of hydrogen-bond acceptors (Lipinski definition) is 5. The normalized spacial score (nSPS) is 17.9. The molecule has 0 saturated carbocycles. The van der Waals surface area contributed by atoms with E-state index in [0.717, 1.165) is 38.8 Å². The van der Waals surface area contributed by atoms with Crippen molar-refractivity contribution in [3.05, 3.63) is 22.5 Å². The topological polar surface area (TPSA) is 76.2 Å². The molecule has 1 aliphatic heterocycles. The summed E-state index contributed by atoms with van der Waals surface area (Å²) < 4.78 is 6.69. The Morgan fingerprint density at radius 1 is 1.43 bits per heavy atom. The van der Waals surface area contributed by atoms with E-state index in [1.807, 2.05) is 11.8 Å².